The number of aromatic nitrogens is 1. The number of aliphatic hydroxyl groups is 1. The van der Waals surface area contributed by atoms with Crippen LogP contribution >= 0.6 is 0 Å². The first-order valence-corrected chi connectivity index (χ1v) is 5.69. The summed E-state index contributed by atoms with van der Waals surface area (Å²) in [4.78, 5) is 4.25. The van der Waals surface area contributed by atoms with Gasteiger partial charge in [0.15, 0.2) is 0 Å². The van der Waals surface area contributed by atoms with Crippen LogP contribution in [0, 0.1) is 0 Å². The van der Waals surface area contributed by atoms with E-state index in [1.54, 1.807) is 18.3 Å². The predicted octanol–water partition coefficient (Wildman–Crippen LogP) is 2.12. The number of anilines is 1. The molecule has 4 heteroatoms. The van der Waals surface area contributed by atoms with Crippen LogP contribution in [0.3, 0.4) is 0 Å². The van der Waals surface area contributed by atoms with E-state index in [2.05, 4.69) is 10.3 Å². The molecule has 4 nitrogen and oxygen atoms in total. The summed E-state index contributed by atoms with van der Waals surface area (Å²) in [5.74, 6) is 0.907. The highest BCUT2D eigenvalue weighted by Crippen LogP contribution is 2.25. The SMILES string of the molecule is CCC(CO)Nc1nccc2ccc(O)cc12. The predicted molar refractivity (Wildman–Crippen MR) is 68.2 cm³/mol. The molecule has 0 aliphatic rings. The van der Waals surface area contributed by atoms with Gasteiger partial charge in [0.05, 0.1) is 12.6 Å². The molecule has 90 valence electrons. The van der Waals surface area contributed by atoms with Gasteiger partial charge in [-0.3, -0.25) is 0 Å². The van der Waals surface area contributed by atoms with Crippen molar-refractivity contribution in [3.05, 3.63) is 30.5 Å². The highest BCUT2D eigenvalue weighted by molar-refractivity contribution is 5.92. The summed E-state index contributed by atoms with van der Waals surface area (Å²) in [5, 5.41) is 23.7. The number of nitrogens with zero attached hydrogens (tertiary/aromatic N) is 1. The quantitative estimate of drug-likeness (QED) is 0.755. The lowest BCUT2D eigenvalue weighted by Crippen LogP contribution is -2.23. The summed E-state index contributed by atoms with van der Waals surface area (Å²) in [6.45, 7) is 2.06. The zero-order valence-corrected chi connectivity index (χ0v) is 9.72. The molecule has 17 heavy (non-hydrogen) atoms. The Labute approximate surface area is 99.9 Å². The Morgan fingerprint density at radius 2 is 2.18 bits per heavy atom. The number of pyridine rings is 1. The Hall–Kier alpha value is -1.81. The lowest BCUT2D eigenvalue weighted by molar-refractivity contribution is 0.271. The van der Waals surface area contributed by atoms with Crippen LogP contribution in [0.5, 0.6) is 5.75 Å². The average Bonchev–Trinajstić information content (AvgIpc) is 2.36. The van der Waals surface area contributed by atoms with Crippen molar-refractivity contribution in [2.75, 3.05) is 11.9 Å². The number of phenolic OH excluding ortho intramolecular Hbond substituents is 1. The van der Waals surface area contributed by atoms with Crippen LogP contribution in [0.2, 0.25) is 0 Å². The number of aliphatic hydroxyl groups excluding tert-OH is 1. The van der Waals surface area contributed by atoms with Crippen molar-refractivity contribution >= 4 is 16.6 Å². The lowest BCUT2D eigenvalue weighted by Gasteiger charge is -2.16. The minimum Gasteiger partial charge on any atom is -0.508 e. The monoisotopic (exact) mass is 232 g/mol. The zero-order chi connectivity index (χ0) is 12.3. The van der Waals surface area contributed by atoms with Crippen LogP contribution in [-0.2, 0) is 0 Å². The summed E-state index contributed by atoms with van der Waals surface area (Å²) in [5.41, 5.74) is 0. The third kappa shape index (κ3) is 2.47. The smallest absolute Gasteiger partial charge is 0.134 e. The van der Waals surface area contributed by atoms with E-state index < -0.39 is 0 Å². The van der Waals surface area contributed by atoms with Gasteiger partial charge in [0.1, 0.15) is 11.6 Å². The van der Waals surface area contributed by atoms with Gasteiger partial charge in [-0.05, 0) is 30.0 Å². The number of benzene rings is 1. The van der Waals surface area contributed by atoms with E-state index >= 15 is 0 Å². The van der Waals surface area contributed by atoms with Crippen LogP contribution in [0.15, 0.2) is 30.5 Å². The second-order valence-electron chi connectivity index (χ2n) is 4.00. The van der Waals surface area contributed by atoms with E-state index in [4.69, 9.17) is 0 Å². The lowest BCUT2D eigenvalue weighted by atomic mass is 10.1. The second kappa shape index (κ2) is 5.01. The van der Waals surface area contributed by atoms with Gasteiger partial charge in [-0.25, -0.2) is 4.98 Å². The number of fused-ring (bicyclic) bond motifs is 1. The Kier molecular flexibility index (Phi) is 3.44. The minimum absolute atomic E-state index is 0.0181. The van der Waals surface area contributed by atoms with Gasteiger partial charge in [-0.15, -0.1) is 0 Å². The molecule has 0 saturated carbocycles. The number of hydrogen-bond acceptors (Lipinski definition) is 4. The first kappa shape index (κ1) is 11.7. The van der Waals surface area contributed by atoms with Crippen LogP contribution in [0.1, 0.15) is 13.3 Å². The van der Waals surface area contributed by atoms with Crippen molar-refractivity contribution in [1.29, 1.82) is 0 Å². The molecule has 1 aromatic carbocycles. The summed E-state index contributed by atoms with van der Waals surface area (Å²) in [6.07, 6.45) is 2.53. The minimum atomic E-state index is -0.0181. The molecular weight excluding hydrogens is 216 g/mol. The van der Waals surface area contributed by atoms with Crippen molar-refractivity contribution in [2.24, 2.45) is 0 Å². The third-order valence-corrected chi connectivity index (χ3v) is 2.80. The van der Waals surface area contributed by atoms with Gasteiger partial charge in [-0.2, -0.15) is 0 Å². The van der Waals surface area contributed by atoms with Gasteiger partial charge >= 0.3 is 0 Å². The molecule has 0 bridgehead atoms. The van der Waals surface area contributed by atoms with Crippen molar-refractivity contribution in [3.8, 4) is 5.75 Å². The maximum atomic E-state index is 9.50. The summed E-state index contributed by atoms with van der Waals surface area (Å²) in [6, 6.07) is 7.04. The molecule has 0 aliphatic carbocycles. The van der Waals surface area contributed by atoms with E-state index in [9.17, 15) is 10.2 Å². The summed E-state index contributed by atoms with van der Waals surface area (Å²) < 4.78 is 0. The molecular formula is C13H16N2O2. The molecule has 0 spiro atoms. The van der Waals surface area contributed by atoms with Crippen molar-refractivity contribution in [3.63, 3.8) is 0 Å². The van der Waals surface area contributed by atoms with Crippen molar-refractivity contribution < 1.29 is 10.2 Å². The van der Waals surface area contributed by atoms with Gasteiger partial charge < -0.3 is 15.5 Å². The maximum Gasteiger partial charge on any atom is 0.134 e. The van der Waals surface area contributed by atoms with Gasteiger partial charge in [-0.1, -0.05) is 13.0 Å². The van der Waals surface area contributed by atoms with Gasteiger partial charge in [0, 0.05) is 11.6 Å². The molecule has 1 aromatic heterocycles. The highest BCUT2D eigenvalue weighted by Gasteiger charge is 2.08. The zero-order valence-electron chi connectivity index (χ0n) is 9.72. The standard InChI is InChI=1S/C13H16N2O2/c1-2-10(8-16)15-13-12-7-11(17)4-3-9(12)5-6-14-13/h3-7,10,16-17H,2,8H2,1H3,(H,14,15). The molecule has 0 aliphatic heterocycles. The number of phenols is 1. The molecule has 0 amide bonds. The fraction of sp³-hybridized carbons (Fsp3) is 0.308. The molecule has 0 saturated heterocycles. The number of hydrogen-bond donors (Lipinski definition) is 3. The molecule has 0 fully saturated rings. The van der Waals surface area contributed by atoms with Crippen LogP contribution in [0.25, 0.3) is 10.8 Å². The van der Waals surface area contributed by atoms with E-state index in [-0.39, 0.29) is 18.4 Å². The van der Waals surface area contributed by atoms with E-state index in [1.807, 2.05) is 19.1 Å². The first-order valence-electron chi connectivity index (χ1n) is 5.69. The number of rotatable bonds is 4. The second-order valence-corrected chi connectivity index (χ2v) is 4.00. The first-order chi connectivity index (χ1) is 8.24. The van der Waals surface area contributed by atoms with Gasteiger partial charge in [0.2, 0.25) is 0 Å². The fourth-order valence-corrected chi connectivity index (χ4v) is 1.74. The molecule has 1 unspecified atom stereocenters. The largest absolute Gasteiger partial charge is 0.508 e. The highest BCUT2D eigenvalue weighted by atomic mass is 16.3. The summed E-state index contributed by atoms with van der Waals surface area (Å²) >= 11 is 0. The van der Waals surface area contributed by atoms with Crippen LogP contribution in [0.4, 0.5) is 5.82 Å². The topological polar surface area (TPSA) is 65.4 Å². The average molecular weight is 232 g/mol. The van der Waals surface area contributed by atoms with E-state index in [0.29, 0.717) is 5.82 Å². The molecule has 1 heterocycles. The van der Waals surface area contributed by atoms with E-state index in [0.717, 1.165) is 17.2 Å². The molecule has 2 rings (SSSR count). The van der Waals surface area contributed by atoms with Crippen LogP contribution < -0.4 is 5.32 Å². The molecule has 1 atom stereocenters. The van der Waals surface area contributed by atoms with E-state index in [1.165, 1.54) is 0 Å². The van der Waals surface area contributed by atoms with Crippen molar-refractivity contribution in [2.45, 2.75) is 19.4 Å². The Bertz CT molecular complexity index is 510. The fourth-order valence-electron chi connectivity index (χ4n) is 1.74. The summed E-state index contributed by atoms with van der Waals surface area (Å²) in [7, 11) is 0. The molecule has 2 aromatic rings. The Morgan fingerprint density at radius 1 is 1.35 bits per heavy atom. The maximum absolute atomic E-state index is 9.50. The third-order valence-electron chi connectivity index (χ3n) is 2.80. The normalized spacial score (nSPS) is 12.6. The molecule has 3 N–H and O–H groups in total. The molecule has 0 radical (unpaired) electrons. The number of aromatic hydroxyl groups is 1. The van der Waals surface area contributed by atoms with Crippen LogP contribution in [-0.4, -0.2) is 27.8 Å². The van der Waals surface area contributed by atoms with Crippen molar-refractivity contribution in [1.82, 2.24) is 4.98 Å². The number of nitrogens with one attached hydrogen (secondary N) is 1. The Morgan fingerprint density at radius 3 is 2.88 bits per heavy atom. The Balaban J connectivity index is 2.42. The van der Waals surface area contributed by atoms with Gasteiger partial charge in [0.25, 0.3) is 0 Å².